The van der Waals surface area contributed by atoms with Crippen molar-refractivity contribution in [2.45, 2.75) is 19.3 Å². The SMILES string of the molecule is CCOC(=O)C1CCN(C)CC1c1cccc(F)c1. The van der Waals surface area contributed by atoms with E-state index in [0.29, 0.717) is 6.61 Å². The highest BCUT2D eigenvalue weighted by molar-refractivity contribution is 5.74. The van der Waals surface area contributed by atoms with Gasteiger partial charge in [0.05, 0.1) is 12.5 Å². The molecule has 0 spiro atoms. The minimum Gasteiger partial charge on any atom is -0.466 e. The lowest BCUT2D eigenvalue weighted by Crippen LogP contribution is -2.40. The minimum absolute atomic E-state index is 0.00787. The quantitative estimate of drug-likeness (QED) is 0.786. The van der Waals surface area contributed by atoms with Crippen LogP contribution in [-0.2, 0) is 9.53 Å². The Morgan fingerprint density at radius 3 is 3.00 bits per heavy atom. The molecule has 0 N–H and O–H groups in total. The number of likely N-dealkylation sites (N-methyl/N-ethyl adjacent to an activating group) is 1. The van der Waals surface area contributed by atoms with E-state index in [1.807, 2.05) is 20.0 Å². The molecule has 1 aromatic carbocycles. The van der Waals surface area contributed by atoms with Crippen LogP contribution in [0.1, 0.15) is 24.8 Å². The van der Waals surface area contributed by atoms with Gasteiger partial charge in [-0.05, 0) is 44.6 Å². The van der Waals surface area contributed by atoms with E-state index in [-0.39, 0.29) is 23.6 Å². The topological polar surface area (TPSA) is 29.5 Å². The number of carbonyl (C=O) groups excluding carboxylic acids is 1. The van der Waals surface area contributed by atoms with Crippen LogP contribution in [0.2, 0.25) is 0 Å². The Labute approximate surface area is 113 Å². The van der Waals surface area contributed by atoms with Gasteiger partial charge < -0.3 is 9.64 Å². The number of hydrogen-bond acceptors (Lipinski definition) is 3. The van der Waals surface area contributed by atoms with Crippen molar-refractivity contribution in [1.82, 2.24) is 4.90 Å². The summed E-state index contributed by atoms with van der Waals surface area (Å²) in [7, 11) is 2.02. The number of hydrogen-bond donors (Lipinski definition) is 0. The Morgan fingerprint density at radius 1 is 1.53 bits per heavy atom. The number of ether oxygens (including phenoxy) is 1. The molecule has 2 atom stereocenters. The van der Waals surface area contributed by atoms with E-state index in [1.165, 1.54) is 12.1 Å². The third-order valence-electron chi connectivity index (χ3n) is 3.68. The van der Waals surface area contributed by atoms with E-state index in [1.54, 1.807) is 6.07 Å². The lowest BCUT2D eigenvalue weighted by atomic mass is 9.81. The summed E-state index contributed by atoms with van der Waals surface area (Å²) in [4.78, 5) is 14.2. The van der Waals surface area contributed by atoms with Crippen LogP contribution < -0.4 is 0 Å². The average molecular weight is 265 g/mol. The first-order valence-corrected chi connectivity index (χ1v) is 6.72. The molecule has 0 saturated carbocycles. The molecule has 1 aliphatic heterocycles. The van der Waals surface area contributed by atoms with Gasteiger partial charge in [-0.15, -0.1) is 0 Å². The first kappa shape index (κ1) is 14.0. The summed E-state index contributed by atoms with van der Waals surface area (Å²) in [5.74, 6) is -0.579. The number of nitrogens with zero attached hydrogens (tertiary/aromatic N) is 1. The van der Waals surface area contributed by atoms with Crippen molar-refractivity contribution in [3.63, 3.8) is 0 Å². The van der Waals surface area contributed by atoms with Gasteiger partial charge >= 0.3 is 5.97 Å². The van der Waals surface area contributed by atoms with E-state index in [4.69, 9.17) is 4.74 Å². The van der Waals surface area contributed by atoms with Gasteiger partial charge in [0.2, 0.25) is 0 Å². The maximum absolute atomic E-state index is 13.4. The summed E-state index contributed by atoms with van der Waals surface area (Å²) in [5, 5.41) is 0. The summed E-state index contributed by atoms with van der Waals surface area (Å²) in [6, 6.07) is 6.53. The van der Waals surface area contributed by atoms with Crippen molar-refractivity contribution in [1.29, 1.82) is 0 Å². The summed E-state index contributed by atoms with van der Waals surface area (Å²) in [6.07, 6.45) is 0.760. The van der Waals surface area contributed by atoms with Crippen molar-refractivity contribution < 1.29 is 13.9 Å². The number of carbonyl (C=O) groups is 1. The van der Waals surface area contributed by atoms with Gasteiger partial charge in [-0.25, -0.2) is 4.39 Å². The maximum Gasteiger partial charge on any atom is 0.309 e. The number of rotatable bonds is 3. The predicted octanol–water partition coefficient (Wildman–Crippen LogP) is 2.42. The Morgan fingerprint density at radius 2 is 2.32 bits per heavy atom. The van der Waals surface area contributed by atoms with E-state index in [2.05, 4.69) is 4.90 Å². The van der Waals surface area contributed by atoms with E-state index >= 15 is 0 Å². The zero-order valence-electron chi connectivity index (χ0n) is 11.4. The van der Waals surface area contributed by atoms with E-state index in [9.17, 15) is 9.18 Å². The largest absolute Gasteiger partial charge is 0.466 e. The first-order chi connectivity index (χ1) is 9.11. The molecule has 19 heavy (non-hydrogen) atoms. The van der Waals surface area contributed by atoms with Crippen LogP contribution in [0.15, 0.2) is 24.3 Å². The van der Waals surface area contributed by atoms with Crippen molar-refractivity contribution in [2.75, 3.05) is 26.7 Å². The Balaban J connectivity index is 2.23. The van der Waals surface area contributed by atoms with Crippen LogP contribution in [-0.4, -0.2) is 37.6 Å². The standard InChI is InChI=1S/C15H20FNO2/c1-3-19-15(18)13-7-8-17(2)10-14(13)11-5-4-6-12(16)9-11/h4-6,9,13-14H,3,7-8,10H2,1-2H3. The fourth-order valence-electron chi connectivity index (χ4n) is 2.72. The second kappa shape index (κ2) is 6.15. The molecule has 1 fully saturated rings. The van der Waals surface area contributed by atoms with Crippen LogP contribution in [0.5, 0.6) is 0 Å². The van der Waals surface area contributed by atoms with Crippen LogP contribution in [0.4, 0.5) is 4.39 Å². The number of likely N-dealkylation sites (tertiary alicyclic amines) is 1. The normalized spacial score (nSPS) is 24.2. The zero-order chi connectivity index (χ0) is 13.8. The summed E-state index contributed by atoms with van der Waals surface area (Å²) < 4.78 is 18.5. The second-order valence-corrected chi connectivity index (χ2v) is 5.07. The van der Waals surface area contributed by atoms with Gasteiger partial charge in [0, 0.05) is 12.5 Å². The molecular formula is C15H20FNO2. The fourth-order valence-corrected chi connectivity index (χ4v) is 2.72. The molecule has 2 rings (SSSR count). The highest BCUT2D eigenvalue weighted by Gasteiger charge is 2.35. The van der Waals surface area contributed by atoms with Crippen LogP contribution >= 0.6 is 0 Å². The molecule has 0 aromatic heterocycles. The zero-order valence-corrected chi connectivity index (χ0v) is 11.4. The molecule has 1 aliphatic rings. The fraction of sp³-hybridized carbons (Fsp3) is 0.533. The molecule has 0 aliphatic carbocycles. The smallest absolute Gasteiger partial charge is 0.309 e. The summed E-state index contributed by atoms with van der Waals surface area (Å²) in [6.45, 7) is 3.83. The third kappa shape index (κ3) is 3.32. The Bertz CT molecular complexity index is 450. The molecule has 104 valence electrons. The maximum atomic E-state index is 13.4. The molecule has 1 heterocycles. The molecule has 0 radical (unpaired) electrons. The summed E-state index contributed by atoms with van der Waals surface area (Å²) >= 11 is 0. The predicted molar refractivity (Wildman–Crippen MR) is 71.4 cm³/mol. The number of esters is 1. The van der Waals surface area contributed by atoms with Gasteiger partial charge in [0.15, 0.2) is 0 Å². The summed E-state index contributed by atoms with van der Waals surface area (Å²) in [5.41, 5.74) is 0.879. The molecular weight excluding hydrogens is 245 g/mol. The van der Waals surface area contributed by atoms with Gasteiger partial charge in [-0.2, -0.15) is 0 Å². The number of benzene rings is 1. The van der Waals surface area contributed by atoms with Crippen molar-refractivity contribution in [3.05, 3.63) is 35.6 Å². The average Bonchev–Trinajstić information content (AvgIpc) is 2.39. The molecule has 0 bridgehead atoms. The van der Waals surface area contributed by atoms with Gasteiger partial charge in [-0.3, -0.25) is 4.79 Å². The second-order valence-electron chi connectivity index (χ2n) is 5.07. The van der Waals surface area contributed by atoms with E-state index < -0.39 is 0 Å². The first-order valence-electron chi connectivity index (χ1n) is 6.72. The van der Waals surface area contributed by atoms with Crippen molar-refractivity contribution >= 4 is 5.97 Å². The monoisotopic (exact) mass is 265 g/mol. The van der Waals surface area contributed by atoms with Crippen LogP contribution in [0, 0.1) is 11.7 Å². The molecule has 4 heteroatoms. The van der Waals surface area contributed by atoms with Crippen molar-refractivity contribution in [3.8, 4) is 0 Å². The molecule has 2 unspecified atom stereocenters. The van der Waals surface area contributed by atoms with E-state index in [0.717, 1.165) is 25.1 Å². The highest BCUT2D eigenvalue weighted by Crippen LogP contribution is 2.33. The number of piperidine rings is 1. The van der Waals surface area contributed by atoms with Gasteiger partial charge in [0.25, 0.3) is 0 Å². The Hall–Kier alpha value is -1.42. The minimum atomic E-state index is -0.256. The lowest BCUT2D eigenvalue weighted by Gasteiger charge is -2.35. The molecule has 3 nitrogen and oxygen atoms in total. The molecule has 0 amide bonds. The third-order valence-corrected chi connectivity index (χ3v) is 3.68. The Kier molecular flexibility index (Phi) is 4.53. The molecule has 1 saturated heterocycles. The van der Waals surface area contributed by atoms with Gasteiger partial charge in [0.1, 0.15) is 5.82 Å². The van der Waals surface area contributed by atoms with Gasteiger partial charge in [-0.1, -0.05) is 12.1 Å². The highest BCUT2D eigenvalue weighted by atomic mass is 19.1. The lowest BCUT2D eigenvalue weighted by molar-refractivity contribution is -0.150. The van der Waals surface area contributed by atoms with Crippen molar-refractivity contribution in [2.24, 2.45) is 5.92 Å². The van der Waals surface area contributed by atoms with Crippen LogP contribution in [0.3, 0.4) is 0 Å². The molecule has 1 aromatic rings. The van der Waals surface area contributed by atoms with Crippen LogP contribution in [0.25, 0.3) is 0 Å². The number of halogens is 1.